The Morgan fingerprint density at radius 3 is 2.76 bits per heavy atom. The molecule has 1 aromatic carbocycles. The molecule has 1 amide bonds. The van der Waals surface area contributed by atoms with Gasteiger partial charge >= 0.3 is 0 Å². The third-order valence-electron chi connectivity index (χ3n) is 7.24. The minimum Gasteiger partial charge on any atom is -0.495 e. The first-order valence-corrected chi connectivity index (χ1v) is 11.3. The Morgan fingerprint density at radius 1 is 1.31 bits per heavy atom. The molecule has 1 aromatic rings. The molecule has 0 aromatic heterocycles. The zero-order valence-electron chi connectivity index (χ0n) is 17.7. The van der Waals surface area contributed by atoms with Crippen LogP contribution in [-0.2, 0) is 16.0 Å². The third kappa shape index (κ3) is 4.42. The van der Waals surface area contributed by atoms with Crippen molar-refractivity contribution in [2.24, 2.45) is 5.41 Å². The van der Waals surface area contributed by atoms with Crippen molar-refractivity contribution in [1.82, 2.24) is 9.80 Å². The molecule has 6 heteroatoms. The summed E-state index contributed by atoms with van der Waals surface area (Å²) in [6.45, 7) is 4.04. The molecule has 0 radical (unpaired) electrons. The van der Waals surface area contributed by atoms with Gasteiger partial charge in [0.1, 0.15) is 5.75 Å². The number of benzene rings is 1. The number of nitrogens with zero attached hydrogens (tertiary/aromatic N) is 2. The van der Waals surface area contributed by atoms with Gasteiger partial charge in [-0.1, -0.05) is 24.1 Å². The SMILES string of the molecule is COc1ccc(CC(=O)N(C)C2CC3(CCOC3)CC2N2CCCCC2)cc1Cl. The number of carbonyl (C=O) groups is 1. The van der Waals surface area contributed by atoms with Crippen molar-refractivity contribution in [2.75, 3.05) is 40.5 Å². The number of rotatable bonds is 5. The fourth-order valence-electron chi connectivity index (χ4n) is 5.54. The average molecular weight is 421 g/mol. The molecule has 4 rings (SSSR count). The first kappa shape index (κ1) is 21.0. The van der Waals surface area contributed by atoms with Gasteiger partial charge in [-0.3, -0.25) is 9.69 Å². The molecule has 0 bridgehead atoms. The fraction of sp³-hybridized carbons (Fsp3) is 0.696. The van der Waals surface area contributed by atoms with Crippen LogP contribution in [0.1, 0.15) is 44.1 Å². The third-order valence-corrected chi connectivity index (χ3v) is 7.53. The van der Waals surface area contributed by atoms with Crippen molar-refractivity contribution < 1.29 is 14.3 Å². The van der Waals surface area contributed by atoms with Crippen LogP contribution < -0.4 is 4.74 Å². The summed E-state index contributed by atoms with van der Waals surface area (Å²) in [5.74, 6) is 0.801. The van der Waals surface area contributed by atoms with Gasteiger partial charge in [-0.05, 0) is 68.3 Å². The second-order valence-electron chi connectivity index (χ2n) is 9.09. The van der Waals surface area contributed by atoms with E-state index in [4.69, 9.17) is 21.1 Å². The van der Waals surface area contributed by atoms with Gasteiger partial charge in [0.2, 0.25) is 5.91 Å². The zero-order valence-corrected chi connectivity index (χ0v) is 18.4. The number of hydrogen-bond acceptors (Lipinski definition) is 4. The van der Waals surface area contributed by atoms with Crippen LogP contribution in [0.25, 0.3) is 0 Å². The van der Waals surface area contributed by atoms with E-state index in [0.717, 1.165) is 51.1 Å². The Labute approximate surface area is 179 Å². The lowest BCUT2D eigenvalue weighted by atomic mass is 9.85. The molecule has 1 spiro atoms. The molecule has 3 aliphatic rings. The van der Waals surface area contributed by atoms with E-state index in [9.17, 15) is 4.79 Å². The van der Waals surface area contributed by atoms with Crippen molar-refractivity contribution >= 4 is 17.5 Å². The maximum absolute atomic E-state index is 13.2. The smallest absolute Gasteiger partial charge is 0.227 e. The van der Waals surface area contributed by atoms with E-state index in [-0.39, 0.29) is 17.4 Å². The summed E-state index contributed by atoms with van der Waals surface area (Å²) in [7, 11) is 3.59. The molecule has 160 valence electrons. The molecule has 0 N–H and O–H groups in total. The van der Waals surface area contributed by atoms with E-state index in [1.807, 2.05) is 30.1 Å². The summed E-state index contributed by atoms with van der Waals surface area (Å²) in [5, 5.41) is 0.551. The predicted molar refractivity (Wildman–Crippen MR) is 115 cm³/mol. The van der Waals surface area contributed by atoms with E-state index in [2.05, 4.69) is 4.90 Å². The van der Waals surface area contributed by atoms with Crippen LogP contribution in [0, 0.1) is 5.41 Å². The van der Waals surface area contributed by atoms with Crippen LogP contribution >= 0.6 is 11.6 Å². The quantitative estimate of drug-likeness (QED) is 0.727. The number of piperidine rings is 1. The van der Waals surface area contributed by atoms with Crippen molar-refractivity contribution in [1.29, 1.82) is 0 Å². The lowest BCUT2D eigenvalue weighted by Gasteiger charge is -2.39. The van der Waals surface area contributed by atoms with E-state index < -0.39 is 0 Å². The van der Waals surface area contributed by atoms with Gasteiger partial charge < -0.3 is 14.4 Å². The van der Waals surface area contributed by atoms with Crippen molar-refractivity contribution in [3.63, 3.8) is 0 Å². The second kappa shape index (κ2) is 8.83. The first-order valence-electron chi connectivity index (χ1n) is 10.9. The molecule has 3 unspecified atom stereocenters. The number of amides is 1. The maximum Gasteiger partial charge on any atom is 0.227 e. The summed E-state index contributed by atoms with van der Waals surface area (Å²) in [4.78, 5) is 17.9. The molecule has 29 heavy (non-hydrogen) atoms. The molecule has 3 atom stereocenters. The van der Waals surface area contributed by atoms with Gasteiger partial charge in [-0.25, -0.2) is 0 Å². The molecular formula is C23H33ClN2O3. The first-order chi connectivity index (χ1) is 14.0. The van der Waals surface area contributed by atoms with Gasteiger partial charge in [0.05, 0.1) is 25.2 Å². The van der Waals surface area contributed by atoms with Crippen LogP contribution in [0.2, 0.25) is 5.02 Å². The molecule has 5 nitrogen and oxygen atoms in total. The summed E-state index contributed by atoms with van der Waals surface area (Å²) >= 11 is 6.26. The van der Waals surface area contributed by atoms with Gasteiger partial charge in [-0.15, -0.1) is 0 Å². The Bertz CT molecular complexity index is 729. The highest BCUT2D eigenvalue weighted by Crippen LogP contribution is 2.48. The number of ether oxygens (including phenoxy) is 2. The molecular weight excluding hydrogens is 388 g/mol. The molecule has 3 fully saturated rings. The lowest BCUT2D eigenvalue weighted by Crippen LogP contribution is -2.51. The number of halogens is 1. The van der Waals surface area contributed by atoms with Crippen LogP contribution in [0.15, 0.2) is 18.2 Å². The minimum absolute atomic E-state index is 0.161. The molecule has 1 saturated carbocycles. The fourth-order valence-corrected chi connectivity index (χ4v) is 5.82. The van der Waals surface area contributed by atoms with Crippen molar-refractivity contribution in [2.45, 2.75) is 57.0 Å². The summed E-state index contributed by atoms with van der Waals surface area (Å²) in [6.07, 6.45) is 7.58. The van der Waals surface area contributed by atoms with Gasteiger partial charge in [-0.2, -0.15) is 0 Å². The van der Waals surface area contributed by atoms with E-state index >= 15 is 0 Å². The standard InChI is InChI=1S/C23H33ClN2O3/c1-25(22(27)13-17-6-7-21(28-2)18(24)12-17)19-14-23(8-11-29-16-23)15-20(19)26-9-4-3-5-10-26/h6-7,12,19-20H,3-5,8-11,13-16H2,1-2H3. The van der Waals surface area contributed by atoms with E-state index in [1.54, 1.807) is 7.11 Å². The Hall–Kier alpha value is -1.30. The van der Waals surface area contributed by atoms with E-state index in [1.165, 1.54) is 19.3 Å². The van der Waals surface area contributed by atoms with Crippen LogP contribution in [0.3, 0.4) is 0 Å². The van der Waals surface area contributed by atoms with Crippen LogP contribution in [-0.4, -0.2) is 68.3 Å². The average Bonchev–Trinajstić information content (AvgIpc) is 3.35. The Kier molecular flexibility index (Phi) is 6.38. The maximum atomic E-state index is 13.2. The van der Waals surface area contributed by atoms with Crippen molar-refractivity contribution in [3.8, 4) is 5.75 Å². The molecule has 1 aliphatic carbocycles. The molecule has 2 heterocycles. The van der Waals surface area contributed by atoms with Gasteiger partial charge in [0.25, 0.3) is 0 Å². The number of hydrogen-bond donors (Lipinski definition) is 0. The number of methoxy groups -OCH3 is 1. The summed E-state index contributed by atoms with van der Waals surface area (Å²) in [6, 6.07) is 6.32. The van der Waals surface area contributed by atoms with Crippen LogP contribution in [0.4, 0.5) is 0 Å². The largest absolute Gasteiger partial charge is 0.495 e. The summed E-state index contributed by atoms with van der Waals surface area (Å²) < 4.78 is 11.0. The Balaban J connectivity index is 1.48. The zero-order chi connectivity index (χ0) is 20.4. The second-order valence-corrected chi connectivity index (χ2v) is 9.50. The number of likely N-dealkylation sites (N-methyl/N-ethyl adjacent to an activating group) is 1. The highest BCUT2D eigenvalue weighted by atomic mass is 35.5. The molecule has 2 aliphatic heterocycles. The van der Waals surface area contributed by atoms with E-state index in [0.29, 0.717) is 23.2 Å². The molecule has 2 saturated heterocycles. The van der Waals surface area contributed by atoms with Crippen molar-refractivity contribution in [3.05, 3.63) is 28.8 Å². The summed E-state index contributed by atoms with van der Waals surface area (Å²) in [5.41, 5.74) is 1.18. The topological polar surface area (TPSA) is 42.0 Å². The number of carbonyl (C=O) groups excluding carboxylic acids is 1. The monoisotopic (exact) mass is 420 g/mol. The van der Waals surface area contributed by atoms with Gasteiger partial charge in [0.15, 0.2) is 0 Å². The Morgan fingerprint density at radius 2 is 2.10 bits per heavy atom. The number of likely N-dealkylation sites (tertiary alicyclic amines) is 1. The van der Waals surface area contributed by atoms with Crippen LogP contribution in [0.5, 0.6) is 5.75 Å². The minimum atomic E-state index is 0.161. The van der Waals surface area contributed by atoms with Gasteiger partial charge in [0, 0.05) is 25.7 Å². The lowest BCUT2D eigenvalue weighted by molar-refractivity contribution is -0.132. The highest BCUT2D eigenvalue weighted by molar-refractivity contribution is 6.32. The highest BCUT2D eigenvalue weighted by Gasteiger charge is 2.51. The normalized spacial score (nSPS) is 30.0. The predicted octanol–water partition coefficient (Wildman–Crippen LogP) is 3.77.